The first kappa shape index (κ1) is 17.0. The molecule has 142 valence electrons. The summed E-state index contributed by atoms with van der Waals surface area (Å²) in [7, 11) is 0. The number of aromatic nitrogens is 2. The van der Waals surface area contributed by atoms with E-state index in [9.17, 15) is 4.79 Å². The van der Waals surface area contributed by atoms with Crippen molar-refractivity contribution < 1.29 is 5.53 Å². The Kier molecular flexibility index (Phi) is 3.77. The van der Waals surface area contributed by atoms with Gasteiger partial charge in [-0.2, -0.15) is 5.01 Å². The molecule has 0 amide bonds. The molecule has 2 aromatic carbocycles. The molecule has 0 bridgehead atoms. The highest BCUT2D eigenvalue weighted by atomic mass is 16.1. The van der Waals surface area contributed by atoms with Crippen LogP contribution < -0.4 is 21.5 Å². The van der Waals surface area contributed by atoms with E-state index in [-0.39, 0.29) is 11.0 Å². The summed E-state index contributed by atoms with van der Waals surface area (Å²) in [5.41, 5.74) is 9.26. The van der Waals surface area contributed by atoms with Crippen molar-refractivity contribution in [1.29, 1.82) is 0 Å². The largest absolute Gasteiger partial charge is 0.296 e. The SMILES string of the molecule is CC1(C)CCc2nc3cc(C4=CN[NH2+]N4c4ccccc4)ccc3c(=O)n2C1. The van der Waals surface area contributed by atoms with Gasteiger partial charge in [-0.05, 0) is 36.1 Å². The third-order valence-corrected chi connectivity index (χ3v) is 5.66. The third kappa shape index (κ3) is 2.77. The molecule has 0 atom stereocenters. The lowest BCUT2D eigenvalue weighted by molar-refractivity contribution is -0.697. The minimum atomic E-state index is 0.0735. The molecule has 5 rings (SSSR count). The van der Waals surface area contributed by atoms with Crippen LogP contribution in [-0.2, 0) is 13.0 Å². The van der Waals surface area contributed by atoms with Gasteiger partial charge in [0.05, 0.1) is 22.8 Å². The Balaban J connectivity index is 1.59. The lowest BCUT2D eigenvalue weighted by atomic mass is 9.85. The van der Waals surface area contributed by atoms with Crippen molar-refractivity contribution in [1.82, 2.24) is 15.0 Å². The van der Waals surface area contributed by atoms with Crippen molar-refractivity contribution in [2.24, 2.45) is 5.41 Å². The van der Waals surface area contributed by atoms with Crippen LogP contribution >= 0.6 is 0 Å². The quantitative estimate of drug-likeness (QED) is 0.675. The van der Waals surface area contributed by atoms with Crippen LogP contribution in [0.5, 0.6) is 0 Å². The average molecular weight is 374 g/mol. The van der Waals surface area contributed by atoms with Gasteiger partial charge in [-0.3, -0.25) is 9.36 Å². The van der Waals surface area contributed by atoms with Crippen LogP contribution in [0.4, 0.5) is 5.69 Å². The van der Waals surface area contributed by atoms with Gasteiger partial charge in [0.2, 0.25) is 0 Å². The Morgan fingerprint density at radius 2 is 1.96 bits per heavy atom. The highest BCUT2D eigenvalue weighted by Gasteiger charge is 2.28. The number of hydrogen-bond acceptors (Lipinski definition) is 4. The fourth-order valence-electron chi connectivity index (χ4n) is 4.09. The van der Waals surface area contributed by atoms with Crippen LogP contribution in [0.1, 0.15) is 31.7 Å². The van der Waals surface area contributed by atoms with E-state index in [0.717, 1.165) is 47.7 Å². The van der Waals surface area contributed by atoms with Gasteiger partial charge >= 0.3 is 0 Å². The maximum atomic E-state index is 13.1. The molecule has 0 fully saturated rings. The number of nitrogens with one attached hydrogen (secondary N) is 1. The summed E-state index contributed by atoms with van der Waals surface area (Å²) in [5, 5.41) is 2.79. The number of fused-ring (bicyclic) bond motifs is 2. The van der Waals surface area contributed by atoms with E-state index >= 15 is 0 Å². The molecule has 28 heavy (non-hydrogen) atoms. The molecular formula is C22H24N5O+. The van der Waals surface area contributed by atoms with Gasteiger partial charge in [0.1, 0.15) is 11.5 Å². The minimum Gasteiger partial charge on any atom is -0.296 e. The Morgan fingerprint density at radius 3 is 2.79 bits per heavy atom. The van der Waals surface area contributed by atoms with E-state index < -0.39 is 0 Å². The lowest BCUT2D eigenvalue weighted by Gasteiger charge is -2.31. The van der Waals surface area contributed by atoms with Crippen LogP contribution in [0.2, 0.25) is 0 Å². The second-order valence-electron chi connectivity index (χ2n) is 8.35. The molecular weight excluding hydrogens is 350 g/mol. The van der Waals surface area contributed by atoms with Crippen molar-refractivity contribution in [2.75, 3.05) is 5.01 Å². The van der Waals surface area contributed by atoms with Gasteiger partial charge in [-0.25, -0.2) is 10.4 Å². The molecule has 2 aliphatic rings. The van der Waals surface area contributed by atoms with Crippen LogP contribution in [-0.4, -0.2) is 9.55 Å². The Hall–Kier alpha value is -3.12. The molecule has 3 aromatic rings. The molecule has 0 saturated carbocycles. The number of quaternary nitrogens is 1. The fourth-order valence-corrected chi connectivity index (χ4v) is 4.09. The predicted octanol–water partition coefficient (Wildman–Crippen LogP) is 2.17. The fraction of sp³-hybridized carbons (Fsp3) is 0.273. The number of aryl methyl sites for hydroxylation is 1. The van der Waals surface area contributed by atoms with Crippen LogP contribution in [0.15, 0.2) is 59.5 Å². The summed E-state index contributed by atoms with van der Waals surface area (Å²) < 4.78 is 1.87. The number of anilines is 1. The zero-order chi connectivity index (χ0) is 19.3. The molecule has 3 N–H and O–H groups in total. The monoisotopic (exact) mass is 374 g/mol. The van der Waals surface area contributed by atoms with Crippen LogP contribution in [0, 0.1) is 5.41 Å². The molecule has 6 heteroatoms. The molecule has 0 saturated heterocycles. The Bertz CT molecular complexity index is 1150. The number of nitrogens with two attached hydrogens (primary N) is 1. The number of nitrogens with zero attached hydrogens (tertiary/aromatic N) is 3. The normalized spacial score (nSPS) is 17.9. The average Bonchev–Trinajstić information content (AvgIpc) is 3.19. The third-order valence-electron chi connectivity index (χ3n) is 5.66. The van der Waals surface area contributed by atoms with E-state index in [4.69, 9.17) is 4.98 Å². The second kappa shape index (κ2) is 6.21. The first-order valence-electron chi connectivity index (χ1n) is 9.70. The molecule has 0 unspecified atom stereocenters. The van der Waals surface area contributed by atoms with Gasteiger partial charge in [-0.15, -0.1) is 5.53 Å². The smallest absolute Gasteiger partial charge is 0.261 e. The van der Waals surface area contributed by atoms with Crippen molar-refractivity contribution in [2.45, 2.75) is 33.2 Å². The summed E-state index contributed by atoms with van der Waals surface area (Å²) >= 11 is 0. The minimum absolute atomic E-state index is 0.0735. The summed E-state index contributed by atoms with van der Waals surface area (Å²) in [6.07, 6.45) is 3.87. The van der Waals surface area contributed by atoms with E-state index in [1.165, 1.54) is 0 Å². The molecule has 6 nitrogen and oxygen atoms in total. The van der Waals surface area contributed by atoms with Gasteiger partial charge in [0.25, 0.3) is 5.56 Å². The standard InChI is InChI=1S/C22H23N5O/c1-22(2)11-10-20-24-18-12-15(8-9-17(18)21(28)26(20)14-22)19-13-23-25-27(19)16-6-4-3-5-7-16/h3-9,12-13,23,25H,10-11,14H2,1-2H3/p+1. The number of rotatable bonds is 2. The molecule has 0 spiro atoms. The maximum absolute atomic E-state index is 13.1. The molecule has 3 heterocycles. The van der Waals surface area contributed by atoms with Crippen LogP contribution in [0.25, 0.3) is 16.6 Å². The zero-order valence-electron chi connectivity index (χ0n) is 16.1. The Labute approximate surface area is 163 Å². The van der Waals surface area contributed by atoms with E-state index in [1.54, 1.807) is 0 Å². The van der Waals surface area contributed by atoms with Gasteiger partial charge < -0.3 is 0 Å². The summed E-state index contributed by atoms with van der Waals surface area (Å²) in [6, 6.07) is 16.1. The van der Waals surface area contributed by atoms with E-state index in [2.05, 4.69) is 36.4 Å². The molecule has 2 aliphatic heterocycles. The summed E-state index contributed by atoms with van der Waals surface area (Å²) in [5.74, 6) is 0.902. The molecule has 1 aromatic heterocycles. The van der Waals surface area contributed by atoms with Crippen molar-refractivity contribution in [3.05, 3.63) is 76.5 Å². The zero-order valence-corrected chi connectivity index (χ0v) is 16.1. The van der Waals surface area contributed by atoms with Gasteiger partial charge in [0.15, 0.2) is 0 Å². The highest BCUT2D eigenvalue weighted by Crippen LogP contribution is 2.30. The molecule has 0 radical (unpaired) electrons. The van der Waals surface area contributed by atoms with E-state index in [1.807, 2.05) is 52.7 Å². The summed E-state index contributed by atoms with van der Waals surface area (Å²) in [6.45, 7) is 5.16. The topological polar surface area (TPSA) is 66.8 Å². The second-order valence-corrected chi connectivity index (χ2v) is 8.35. The first-order chi connectivity index (χ1) is 13.5. The van der Waals surface area contributed by atoms with Crippen molar-refractivity contribution >= 4 is 22.3 Å². The van der Waals surface area contributed by atoms with Crippen LogP contribution in [0.3, 0.4) is 0 Å². The number of benzene rings is 2. The predicted molar refractivity (Wildman–Crippen MR) is 110 cm³/mol. The highest BCUT2D eigenvalue weighted by molar-refractivity contribution is 5.85. The Morgan fingerprint density at radius 1 is 1.14 bits per heavy atom. The molecule has 0 aliphatic carbocycles. The first-order valence-corrected chi connectivity index (χ1v) is 9.70. The van der Waals surface area contributed by atoms with Crippen molar-refractivity contribution in [3.8, 4) is 0 Å². The number of para-hydroxylation sites is 1. The number of hydrogen-bond donors (Lipinski definition) is 2. The summed E-state index contributed by atoms with van der Waals surface area (Å²) in [4.78, 5) is 17.9. The lowest BCUT2D eigenvalue weighted by Crippen LogP contribution is -2.97. The maximum Gasteiger partial charge on any atom is 0.261 e. The van der Waals surface area contributed by atoms with Crippen molar-refractivity contribution in [3.63, 3.8) is 0 Å². The van der Waals surface area contributed by atoms with Gasteiger partial charge in [-0.1, -0.05) is 38.1 Å². The van der Waals surface area contributed by atoms with Gasteiger partial charge in [0, 0.05) is 18.5 Å². The van der Waals surface area contributed by atoms with E-state index in [0.29, 0.717) is 5.39 Å².